The van der Waals surface area contributed by atoms with E-state index in [1.165, 1.54) is 19.3 Å². The molecule has 0 aromatic heterocycles. The second-order valence-corrected chi connectivity index (χ2v) is 10.1. The van der Waals surface area contributed by atoms with Crippen molar-refractivity contribution >= 4 is 23.4 Å². The van der Waals surface area contributed by atoms with Gasteiger partial charge < -0.3 is 10.6 Å². The van der Waals surface area contributed by atoms with Crippen LogP contribution in [0.5, 0.6) is 0 Å². The number of carbonyl (C=O) groups excluding carboxylic acids is 2. The number of halogens is 1. The molecular formula is C22H38ClN3O2. The predicted molar refractivity (Wildman–Crippen MR) is 113 cm³/mol. The van der Waals surface area contributed by atoms with Crippen LogP contribution in [0.25, 0.3) is 0 Å². The number of piperidine rings is 1. The van der Waals surface area contributed by atoms with Gasteiger partial charge in [0.2, 0.25) is 11.8 Å². The summed E-state index contributed by atoms with van der Waals surface area (Å²) in [5.41, 5.74) is 0. The third-order valence-corrected chi connectivity index (χ3v) is 7.91. The number of carbonyl (C=O) groups is 2. The average Bonchev–Trinajstić information content (AvgIpc) is 2.58. The van der Waals surface area contributed by atoms with E-state index in [0.717, 1.165) is 25.8 Å². The van der Waals surface area contributed by atoms with Gasteiger partial charge in [0.05, 0.1) is 5.92 Å². The lowest BCUT2D eigenvalue weighted by Gasteiger charge is -2.48. The molecule has 2 N–H and O–H groups in total. The summed E-state index contributed by atoms with van der Waals surface area (Å²) in [5, 5.41) is 6.17. The fraction of sp³-hybridized carbons (Fsp3) is 0.909. The highest BCUT2D eigenvalue weighted by molar-refractivity contribution is 6.20. The lowest BCUT2D eigenvalue weighted by molar-refractivity contribution is -0.132. The molecule has 2 amide bonds. The lowest BCUT2D eigenvalue weighted by Crippen LogP contribution is -2.56. The molecule has 7 unspecified atom stereocenters. The molecule has 160 valence electrons. The van der Waals surface area contributed by atoms with Gasteiger partial charge in [-0.25, -0.2) is 0 Å². The number of rotatable bonds is 6. The molecule has 0 bridgehead atoms. The van der Waals surface area contributed by atoms with Gasteiger partial charge in [0.1, 0.15) is 0 Å². The van der Waals surface area contributed by atoms with Crippen molar-refractivity contribution < 1.29 is 9.59 Å². The van der Waals surface area contributed by atoms with Crippen LogP contribution in [0, 0.1) is 23.7 Å². The summed E-state index contributed by atoms with van der Waals surface area (Å²) < 4.78 is 0. The molecule has 6 heteroatoms. The Kier molecular flexibility index (Phi) is 7.30. The van der Waals surface area contributed by atoms with Crippen molar-refractivity contribution in [1.82, 2.24) is 15.5 Å². The minimum atomic E-state index is -0.135. The second kappa shape index (κ2) is 9.34. The van der Waals surface area contributed by atoms with Crippen molar-refractivity contribution in [2.24, 2.45) is 23.7 Å². The smallest absolute Gasteiger partial charge is 0.225 e. The monoisotopic (exact) mass is 411 g/mol. The van der Waals surface area contributed by atoms with E-state index in [1.54, 1.807) is 0 Å². The number of nitrogens with one attached hydrogen (secondary N) is 2. The Labute approximate surface area is 175 Å². The summed E-state index contributed by atoms with van der Waals surface area (Å²) in [5.74, 6) is 0.508. The molecular weight excluding hydrogens is 374 g/mol. The maximum absolute atomic E-state index is 13.1. The number of hydrogen-bond donors (Lipinski definition) is 2. The van der Waals surface area contributed by atoms with Gasteiger partial charge in [0.25, 0.3) is 0 Å². The van der Waals surface area contributed by atoms with E-state index in [9.17, 15) is 9.59 Å². The molecule has 7 atom stereocenters. The standard InChI is InChI=1S/C22H38ClN3O2/c1-5-26(17-7-6-8-17)20-11-16(23)10-18(15(20)4)21(27)24-12-19-13(2)9-14(3)25-22(19)28/h13-20H,5-12H2,1-4H3,(H,24,27)(H,25,28). The van der Waals surface area contributed by atoms with Gasteiger partial charge in [-0.3, -0.25) is 14.5 Å². The molecule has 0 aromatic carbocycles. The van der Waals surface area contributed by atoms with Crippen molar-refractivity contribution in [1.29, 1.82) is 0 Å². The molecule has 28 heavy (non-hydrogen) atoms. The summed E-state index contributed by atoms with van der Waals surface area (Å²) in [7, 11) is 0. The van der Waals surface area contributed by atoms with Crippen LogP contribution in [0.3, 0.4) is 0 Å². The summed E-state index contributed by atoms with van der Waals surface area (Å²) in [6, 6.07) is 1.26. The van der Waals surface area contributed by atoms with Crippen LogP contribution in [-0.4, -0.2) is 53.3 Å². The van der Waals surface area contributed by atoms with Crippen molar-refractivity contribution in [2.45, 2.75) is 89.7 Å². The van der Waals surface area contributed by atoms with Crippen molar-refractivity contribution in [3.63, 3.8) is 0 Å². The normalized spacial score (nSPS) is 39.4. The van der Waals surface area contributed by atoms with Gasteiger partial charge in [-0.1, -0.05) is 27.2 Å². The Morgan fingerprint density at radius 1 is 1.21 bits per heavy atom. The minimum Gasteiger partial charge on any atom is -0.355 e. The summed E-state index contributed by atoms with van der Waals surface area (Å²) >= 11 is 6.62. The Hall–Kier alpha value is -0.810. The van der Waals surface area contributed by atoms with E-state index in [2.05, 4.69) is 36.3 Å². The number of amides is 2. The lowest BCUT2D eigenvalue weighted by atomic mass is 9.74. The number of nitrogens with zero attached hydrogens (tertiary/aromatic N) is 1. The Morgan fingerprint density at radius 3 is 2.50 bits per heavy atom. The van der Waals surface area contributed by atoms with E-state index in [4.69, 9.17) is 11.6 Å². The minimum absolute atomic E-state index is 0.0452. The van der Waals surface area contributed by atoms with Gasteiger partial charge in [0.15, 0.2) is 0 Å². The second-order valence-electron chi connectivity index (χ2n) is 9.49. The first kappa shape index (κ1) is 21.9. The van der Waals surface area contributed by atoms with E-state index in [1.807, 2.05) is 6.92 Å². The molecule has 0 spiro atoms. The molecule has 1 saturated heterocycles. The maximum Gasteiger partial charge on any atom is 0.225 e. The molecule has 3 rings (SSSR count). The number of alkyl halides is 1. The fourth-order valence-electron chi connectivity index (χ4n) is 5.62. The van der Waals surface area contributed by atoms with Crippen LogP contribution in [0.4, 0.5) is 0 Å². The number of hydrogen-bond acceptors (Lipinski definition) is 3. The zero-order valence-electron chi connectivity index (χ0n) is 17.9. The Bertz CT molecular complexity index is 568. The summed E-state index contributed by atoms with van der Waals surface area (Å²) in [6.45, 7) is 10.0. The molecule has 1 heterocycles. The average molecular weight is 412 g/mol. The van der Waals surface area contributed by atoms with Gasteiger partial charge in [-0.15, -0.1) is 11.6 Å². The molecule has 3 fully saturated rings. The van der Waals surface area contributed by atoms with Gasteiger partial charge >= 0.3 is 0 Å². The predicted octanol–water partition coefficient (Wildman–Crippen LogP) is 3.16. The van der Waals surface area contributed by atoms with E-state index < -0.39 is 0 Å². The van der Waals surface area contributed by atoms with Crippen molar-refractivity contribution in [3.8, 4) is 0 Å². The van der Waals surface area contributed by atoms with Gasteiger partial charge in [-0.2, -0.15) is 0 Å². The molecule has 1 aliphatic heterocycles. The molecule has 3 aliphatic rings. The molecule has 0 radical (unpaired) electrons. The topological polar surface area (TPSA) is 61.4 Å². The maximum atomic E-state index is 13.1. The molecule has 5 nitrogen and oxygen atoms in total. The Balaban J connectivity index is 1.61. The molecule has 2 aliphatic carbocycles. The highest BCUT2D eigenvalue weighted by Crippen LogP contribution is 2.39. The quantitative estimate of drug-likeness (QED) is 0.660. The highest BCUT2D eigenvalue weighted by Gasteiger charge is 2.43. The largest absolute Gasteiger partial charge is 0.355 e. The highest BCUT2D eigenvalue weighted by atomic mass is 35.5. The van der Waals surface area contributed by atoms with Crippen LogP contribution in [0.1, 0.15) is 66.2 Å². The third kappa shape index (κ3) is 4.67. The fourth-order valence-corrected chi connectivity index (χ4v) is 6.00. The molecule has 2 saturated carbocycles. The molecule has 0 aromatic rings. The summed E-state index contributed by atoms with van der Waals surface area (Å²) in [6.07, 6.45) is 6.52. The first-order valence-corrected chi connectivity index (χ1v) is 11.7. The zero-order chi connectivity index (χ0) is 20.4. The van der Waals surface area contributed by atoms with Gasteiger partial charge in [-0.05, 0) is 57.4 Å². The van der Waals surface area contributed by atoms with Crippen LogP contribution < -0.4 is 10.6 Å². The first-order valence-electron chi connectivity index (χ1n) is 11.3. The van der Waals surface area contributed by atoms with Crippen LogP contribution in [0.2, 0.25) is 0 Å². The first-order chi connectivity index (χ1) is 13.3. The van der Waals surface area contributed by atoms with Crippen LogP contribution >= 0.6 is 11.6 Å². The van der Waals surface area contributed by atoms with Crippen molar-refractivity contribution in [2.75, 3.05) is 13.1 Å². The summed E-state index contributed by atoms with van der Waals surface area (Å²) in [4.78, 5) is 28.0. The van der Waals surface area contributed by atoms with Crippen LogP contribution in [0.15, 0.2) is 0 Å². The van der Waals surface area contributed by atoms with Gasteiger partial charge in [0, 0.05) is 36.0 Å². The SMILES string of the molecule is CCN(C1CCC1)C1CC(Cl)CC(C(=O)NCC2C(=O)NC(C)CC2C)C1C. The van der Waals surface area contributed by atoms with E-state index in [0.29, 0.717) is 18.6 Å². The van der Waals surface area contributed by atoms with E-state index >= 15 is 0 Å². The zero-order valence-corrected chi connectivity index (χ0v) is 18.7. The third-order valence-electron chi connectivity index (χ3n) is 7.55. The Morgan fingerprint density at radius 2 is 1.93 bits per heavy atom. The van der Waals surface area contributed by atoms with Crippen molar-refractivity contribution in [3.05, 3.63) is 0 Å². The van der Waals surface area contributed by atoms with E-state index in [-0.39, 0.29) is 46.9 Å². The van der Waals surface area contributed by atoms with Crippen LogP contribution in [-0.2, 0) is 9.59 Å².